The van der Waals surface area contributed by atoms with Crippen molar-refractivity contribution in [3.05, 3.63) is 0 Å². The highest BCUT2D eigenvalue weighted by atomic mass is 16.5. The number of carbonyl (C=O) groups is 1. The first-order chi connectivity index (χ1) is 8.19. The van der Waals surface area contributed by atoms with E-state index in [4.69, 9.17) is 10.5 Å². The molecule has 1 aliphatic heterocycles. The number of hydrogen-bond donors (Lipinski definition) is 1. The van der Waals surface area contributed by atoms with Crippen LogP contribution in [0, 0.1) is 11.3 Å². The van der Waals surface area contributed by atoms with E-state index in [1.165, 1.54) is 32.1 Å². The predicted molar refractivity (Wildman–Crippen MR) is 64.4 cm³/mol. The molecule has 1 atom stereocenters. The lowest BCUT2D eigenvalue weighted by Gasteiger charge is -2.39. The number of hydrogen-bond acceptors (Lipinski definition) is 3. The smallest absolute Gasteiger partial charge is 0.237 e. The number of ether oxygens (including phenoxy) is 1. The summed E-state index contributed by atoms with van der Waals surface area (Å²) in [7, 11) is 0. The topological polar surface area (TPSA) is 55.6 Å². The van der Waals surface area contributed by atoms with E-state index in [0.29, 0.717) is 12.0 Å². The molecule has 0 aromatic carbocycles. The van der Waals surface area contributed by atoms with Crippen molar-refractivity contribution < 1.29 is 9.53 Å². The molecule has 0 aromatic heterocycles. The maximum atomic E-state index is 11.4. The fourth-order valence-corrected chi connectivity index (χ4v) is 4.05. The fraction of sp³-hybridized carbons (Fsp3) is 0.923. The van der Waals surface area contributed by atoms with Crippen LogP contribution >= 0.6 is 0 Å². The molecule has 2 N–H and O–H groups in total. The van der Waals surface area contributed by atoms with Gasteiger partial charge < -0.3 is 10.5 Å². The van der Waals surface area contributed by atoms with Gasteiger partial charge in [0.25, 0.3) is 0 Å². The van der Waals surface area contributed by atoms with Crippen LogP contribution in [0.1, 0.15) is 32.1 Å². The molecule has 3 fully saturated rings. The molecule has 1 heterocycles. The molecule has 4 nitrogen and oxygen atoms in total. The number of nitrogens with zero attached hydrogens (tertiary/aromatic N) is 1. The molecule has 96 valence electrons. The third kappa shape index (κ3) is 2.08. The van der Waals surface area contributed by atoms with Crippen LogP contribution in [0.25, 0.3) is 0 Å². The molecule has 1 amide bonds. The molecule has 0 spiro atoms. The van der Waals surface area contributed by atoms with Crippen LogP contribution in [0.4, 0.5) is 0 Å². The quantitative estimate of drug-likeness (QED) is 0.789. The van der Waals surface area contributed by atoms with Gasteiger partial charge in [-0.3, -0.25) is 9.69 Å². The molecule has 1 saturated heterocycles. The van der Waals surface area contributed by atoms with Crippen molar-refractivity contribution in [1.29, 1.82) is 0 Å². The Labute approximate surface area is 102 Å². The maximum Gasteiger partial charge on any atom is 0.237 e. The Morgan fingerprint density at radius 3 is 2.76 bits per heavy atom. The van der Waals surface area contributed by atoms with E-state index in [2.05, 4.69) is 4.90 Å². The van der Waals surface area contributed by atoms with Crippen LogP contribution in [-0.2, 0) is 9.53 Å². The first-order valence-corrected chi connectivity index (χ1v) is 6.80. The number of rotatable bonds is 3. The summed E-state index contributed by atoms with van der Waals surface area (Å²) >= 11 is 0. The summed E-state index contributed by atoms with van der Waals surface area (Å²) in [5, 5.41) is 0. The molecular formula is C13H22N2O2. The van der Waals surface area contributed by atoms with Crippen LogP contribution in [0.2, 0.25) is 0 Å². The summed E-state index contributed by atoms with van der Waals surface area (Å²) in [5.74, 6) is 0.733. The van der Waals surface area contributed by atoms with Gasteiger partial charge in [-0.05, 0) is 43.4 Å². The monoisotopic (exact) mass is 238 g/mol. The zero-order chi connectivity index (χ0) is 11.9. The van der Waals surface area contributed by atoms with Crippen LogP contribution in [0.15, 0.2) is 0 Å². The van der Waals surface area contributed by atoms with Gasteiger partial charge in [-0.25, -0.2) is 0 Å². The van der Waals surface area contributed by atoms with E-state index in [1.807, 2.05) is 0 Å². The normalized spacial score (nSPS) is 41.9. The summed E-state index contributed by atoms with van der Waals surface area (Å²) in [6.45, 7) is 3.14. The van der Waals surface area contributed by atoms with Gasteiger partial charge in [0, 0.05) is 13.1 Å². The van der Waals surface area contributed by atoms with Crippen LogP contribution in [0.5, 0.6) is 0 Å². The van der Waals surface area contributed by atoms with Crippen molar-refractivity contribution in [2.75, 3.05) is 26.3 Å². The lowest BCUT2D eigenvalue weighted by Crippen LogP contribution is -2.55. The third-order valence-electron chi connectivity index (χ3n) is 4.99. The van der Waals surface area contributed by atoms with Crippen molar-refractivity contribution in [2.24, 2.45) is 17.1 Å². The number of amides is 1. The zero-order valence-corrected chi connectivity index (χ0v) is 10.4. The Hall–Kier alpha value is -0.610. The summed E-state index contributed by atoms with van der Waals surface area (Å²) < 4.78 is 5.37. The number of nitrogens with two attached hydrogens (primary N) is 1. The standard InChI is InChI=1S/C13H22N2O2/c14-12(16)11-8-17-6-5-15(11)9-13-3-1-10(7-13)2-4-13/h10-11H,1-9H2,(H2,14,16). The molecule has 3 rings (SSSR count). The minimum absolute atomic E-state index is 0.197. The molecule has 2 bridgehead atoms. The summed E-state index contributed by atoms with van der Waals surface area (Å²) in [6, 6.07) is -0.197. The van der Waals surface area contributed by atoms with Gasteiger partial charge in [-0.1, -0.05) is 0 Å². The van der Waals surface area contributed by atoms with E-state index in [1.54, 1.807) is 0 Å². The molecule has 3 aliphatic rings. The van der Waals surface area contributed by atoms with Gasteiger partial charge in [0.1, 0.15) is 6.04 Å². The minimum atomic E-state index is -0.228. The molecule has 0 radical (unpaired) electrons. The highest BCUT2D eigenvalue weighted by molar-refractivity contribution is 5.80. The first-order valence-electron chi connectivity index (χ1n) is 6.80. The minimum Gasteiger partial charge on any atom is -0.378 e. The lowest BCUT2D eigenvalue weighted by atomic mass is 9.83. The van der Waals surface area contributed by atoms with Crippen molar-refractivity contribution in [3.8, 4) is 0 Å². The van der Waals surface area contributed by atoms with Gasteiger partial charge in [0.2, 0.25) is 5.91 Å². The Morgan fingerprint density at radius 2 is 2.18 bits per heavy atom. The molecule has 2 aliphatic carbocycles. The highest BCUT2D eigenvalue weighted by Gasteiger charge is 2.46. The fourth-order valence-electron chi connectivity index (χ4n) is 4.05. The average Bonchev–Trinajstić information content (AvgIpc) is 2.89. The van der Waals surface area contributed by atoms with E-state index in [9.17, 15) is 4.79 Å². The maximum absolute atomic E-state index is 11.4. The van der Waals surface area contributed by atoms with E-state index in [-0.39, 0.29) is 11.9 Å². The molecular weight excluding hydrogens is 216 g/mol. The molecule has 2 saturated carbocycles. The SMILES string of the molecule is NC(=O)C1COCCN1CC12CCC(CC1)C2. The molecule has 4 heteroatoms. The number of morpholine rings is 1. The Kier molecular flexibility index (Phi) is 2.87. The summed E-state index contributed by atoms with van der Waals surface area (Å²) in [4.78, 5) is 13.7. The van der Waals surface area contributed by atoms with E-state index in [0.717, 1.165) is 25.6 Å². The molecule has 0 aromatic rings. The zero-order valence-electron chi connectivity index (χ0n) is 10.4. The molecule has 17 heavy (non-hydrogen) atoms. The first kappa shape index (κ1) is 11.5. The van der Waals surface area contributed by atoms with Gasteiger partial charge in [-0.15, -0.1) is 0 Å². The largest absolute Gasteiger partial charge is 0.378 e. The van der Waals surface area contributed by atoms with Crippen LogP contribution in [-0.4, -0.2) is 43.2 Å². The molecule has 1 unspecified atom stereocenters. The summed E-state index contributed by atoms with van der Waals surface area (Å²) in [6.07, 6.45) is 6.86. The van der Waals surface area contributed by atoms with Crippen molar-refractivity contribution >= 4 is 5.91 Å². The Bertz CT molecular complexity index is 311. The van der Waals surface area contributed by atoms with Crippen molar-refractivity contribution in [3.63, 3.8) is 0 Å². The van der Waals surface area contributed by atoms with Crippen LogP contribution < -0.4 is 5.73 Å². The Morgan fingerprint density at radius 1 is 1.41 bits per heavy atom. The van der Waals surface area contributed by atoms with Crippen molar-refractivity contribution in [1.82, 2.24) is 4.90 Å². The average molecular weight is 238 g/mol. The predicted octanol–water partition coefficient (Wildman–Crippen LogP) is 0.753. The van der Waals surface area contributed by atoms with Crippen LogP contribution in [0.3, 0.4) is 0 Å². The number of carbonyl (C=O) groups excluding carboxylic acids is 1. The van der Waals surface area contributed by atoms with Gasteiger partial charge in [-0.2, -0.15) is 0 Å². The second-order valence-corrected chi connectivity index (χ2v) is 6.11. The second-order valence-electron chi connectivity index (χ2n) is 6.11. The van der Waals surface area contributed by atoms with E-state index >= 15 is 0 Å². The third-order valence-corrected chi connectivity index (χ3v) is 4.99. The van der Waals surface area contributed by atoms with Gasteiger partial charge >= 0.3 is 0 Å². The number of primary amides is 1. The van der Waals surface area contributed by atoms with E-state index < -0.39 is 0 Å². The second kappa shape index (κ2) is 4.25. The number of fused-ring (bicyclic) bond motifs is 2. The Balaban J connectivity index is 1.68. The lowest BCUT2D eigenvalue weighted by molar-refractivity contribution is -0.130. The summed E-state index contributed by atoms with van der Waals surface area (Å²) in [5.41, 5.74) is 5.96. The van der Waals surface area contributed by atoms with Gasteiger partial charge in [0.05, 0.1) is 13.2 Å². The highest BCUT2D eigenvalue weighted by Crippen LogP contribution is 2.54. The van der Waals surface area contributed by atoms with Gasteiger partial charge in [0.15, 0.2) is 0 Å². The van der Waals surface area contributed by atoms with Crippen molar-refractivity contribution in [2.45, 2.75) is 38.1 Å².